The Balaban J connectivity index is 1.03. The van der Waals surface area contributed by atoms with Gasteiger partial charge in [-0.15, -0.1) is 10.0 Å². The molecule has 4 heterocycles. The maximum Gasteiger partial charge on any atom is 0.238 e. The molecule has 0 atom stereocenters. The third-order valence-electron chi connectivity index (χ3n) is 13.7. The molecule has 0 spiro atoms. The van der Waals surface area contributed by atoms with Crippen LogP contribution in [0.2, 0.25) is 0 Å². The van der Waals surface area contributed by atoms with Gasteiger partial charge in [-0.3, -0.25) is 4.57 Å². The second-order valence-electron chi connectivity index (χ2n) is 17.6. The van der Waals surface area contributed by atoms with E-state index in [9.17, 15) is 0 Å². The Morgan fingerprint density at radius 1 is 0.329 bits per heavy atom. The van der Waals surface area contributed by atoms with Crippen molar-refractivity contribution >= 4 is 75.6 Å². The minimum Gasteiger partial charge on any atom is -0.455 e. The lowest BCUT2D eigenvalue weighted by Crippen LogP contribution is -2.07. The molecule has 6 nitrogen and oxygen atoms in total. The van der Waals surface area contributed by atoms with Crippen LogP contribution in [0.25, 0.3) is 100.0 Å². The largest absolute Gasteiger partial charge is 0.455 e. The van der Waals surface area contributed by atoms with Crippen LogP contribution in [0, 0.1) is 0 Å². The van der Waals surface area contributed by atoms with Crippen molar-refractivity contribution in [1.29, 1.82) is 0 Å². The molecule has 70 heavy (non-hydrogen) atoms. The van der Waals surface area contributed by atoms with Crippen LogP contribution in [-0.2, 0) is 0 Å². The molecule has 330 valence electrons. The molecule has 0 bridgehead atoms. The van der Waals surface area contributed by atoms with Crippen molar-refractivity contribution in [1.82, 2.24) is 24.1 Å². The van der Waals surface area contributed by atoms with Crippen LogP contribution >= 0.6 is 10.0 Å². The van der Waals surface area contributed by atoms with Crippen molar-refractivity contribution in [3.8, 4) is 34.4 Å². The molecule has 14 aromatic rings. The van der Waals surface area contributed by atoms with Crippen LogP contribution in [0.1, 0.15) is 0 Å². The minimum absolute atomic E-state index is 0.516. The standard InChI is InChI=1S/C63H41N5OS/c1-4-21-44(22-5-1)70(45-23-6-2-7-24-45,46-25-8-3-9-26-46)47-27-18-20-42(40-47)61-64-62(53-33-19-32-52-51-31-13-17-37-59(51)69-60(52)53)66-63(65-61)68-57-36-16-12-30-50(57)54-41-43(38-39-58(54)68)67-55-34-14-10-28-48(55)49-29-11-15-35-56(49)67/h1-41H. The molecule has 0 unspecified atom stereocenters. The van der Waals surface area contributed by atoms with E-state index in [0.717, 1.165) is 71.6 Å². The number of hydrogen-bond donors (Lipinski definition) is 0. The summed E-state index contributed by atoms with van der Waals surface area (Å²) in [4.78, 5) is 21.3. The monoisotopic (exact) mass is 915 g/mol. The zero-order chi connectivity index (χ0) is 46.2. The van der Waals surface area contributed by atoms with E-state index in [1.54, 1.807) is 0 Å². The molecule has 0 aliphatic rings. The highest BCUT2D eigenvalue weighted by Gasteiger charge is 2.34. The summed E-state index contributed by atoms with van der Waals surface area (Å²) < 4.78 is 11.2. The van der Waals surface area contributed by atoms with Crippen LogP contribution in [0.5, 0.6) is 0 Å². The van der Waals surface area contributed by atoms with E-state index in [1.807, 2.05) is 18.2 Å². The number of fused-ring (bicyclic) bond motifs is 9. The van der Waals surface area contributed by atoms with Gasteiger partial charge in [0.15, 0.2) is 11.6 Å². The highest BCUT2D eigenvalue weighted by atomic mass is 32.3. The third kappa shape index (κ3) is 6.12. The predicted octanol–water partition coefficient (Wildman–Crippen LogP) is 16.6. The number of aromatic nitrogens is 5. The summed E-state index contributed by atoms with van der Waals surface area (Å²) in [5.41, 5.74) is 8.63. The van der Waals surface area contributed by atoms with Crippen LogP contribution in [0.4, 0.5) is 0 Å². The third-order valence-corrected chi connectivity index (χ3v) is 17.6. The second kappa shape index (κ2) is 16.0. The number of furan rings is 1. The van der Waals surface area contributed by atoms with Crippen LogP contribution in [0.3, 0.4) is 0 Å². The van der Waals surface area contributed by atoms with E-state index in [2.05, 4.69) is 240 Å². The molecule has 0 amide bonds. The van der Waals surface area contributed by atoms with Crippen LogP contribution in [0.15, 0.2) is 273 Å². The first-order chi connectivity index (χ1) is 34.7. The first-order valence-electron chi connectivity index (χ1n) is 23.5. The summed E-state index contributed by atoms with van der Waals surface area (Å²) in [6.45, 7) is 0. The fraction of sp³-hybridized carbons (Fsp3) is 0. The van der Waals surface area contributed by atoms with E-state index in [4.69, 9.17) is 19.4 Å². The minimum atomic E-state index is -2.00. The van der Waals surface area contributed by atoms with E-state index in [0.29, 0.717) is 17.6 Å². The SMILES string of the molecule is c1ccc(S(c2ccccc2)(c2ccccc2)c2cccc(-c3nc(-c4cccc5c4oc4ccccc45)nc(-n4c5ccccc5c5cc(-n6c7ccccc7c7ccccc76)ccc54)n3)c2)cc1. The van der Waals surface area contributed by atoms with Gasteiger partial charge in [-0.25, -0.2) is 4.98 Å². The van der Waals surface area contributed by atoms with E-state index >= 15 is 0 Å². The first-order valence-corrected chi connectivity index (χ1v) is 25.1. The Kier molecular flexibility index (Phi) is 9.19. The zero-order valence-electron chi connectivity index (χ0n) is 37.7. The van der Waals surface area contributed by atoms with Crippen molar-refractivity contribution in [3.63, 3.8) is 0 Å². The Morgan fingerprint density at radius 2 is 0.814 bits per heavy atom. The van der Waals surface area contributed by atoms with Gasteiger partial charge in [-0.1, -0.05) is 152 Å². The van der Waals surface area contributed by atoms with Crippen molar-refractivity contribution in [2.75, 3.05) is 0 Å². The fourth-order valence-corrected chi connectivity index (χ4v) is 14.6. The van der Waals surface area contributed by atoms with Crippen LogP contribution in [-0.4, -0.2) is 24.1 Å². The number of para-hydroxylation sites is 5. The van der Waals surface area contributed by atoms with Gasteiger partial charge < -0.3 is 8.98 Å². The molecule has 0 aliphatic heterocycles. The lowest BCUT2D eigenvalue weighted by atomic mass is 10.1. The number of nitrogens with zero attached hydrogens (tertiary/aromatic N) is 5. The number of benzene rings is 10. The van der Waals surface area contributed by atoms with E-state index in [-0.39, 0.29) is 0 Å². The summed E-state index contributed by atoms with van der Waals surface area (Å²) in [6, 6.07) is 88.6. The van der Waals surface area contributed by atoms with Gasteiger partial charge in [-0.05, 0) is 97.1 Å². The Hall–Kier alpha value is -9.04. The summed E-state index contributed by atoms with van der Waals surface area (Å²) in [6.07, 6.45) is 0. The topological polar surface area (TPSA) is 61.7 Å². The van der Waals surface area contributed by atoms with Gasteiger partial charge in [0.05, 0.1) is 27.6 Å². The molecular weight excluding hydrogens is 875 g/mol. The molecule has 4 aromatic heterocycles. The van der Waals surface area contributed by atoms with Gasteiger partial charge in [-0.2, -0.15) is 9.97 Å². The van der Waals surface area contributed by atoms with E-state index in [1.165, 1.54) is 30.4 Å². The molecule has 7 heteroatoms. The molecule has 10 aromatic carbocycles. The summed E-state index contributed by atoms with van der Waals surface area (Å²) >= 11 is 0. The molecule has 0 N–H and O–H groups in total. The van der Waals surface area contributed by atoms with Crippen molar-refractivity contribution in [2.45, 2.75) is 19.6 Å². The second-order valence-corrected chi connectivity index (χ2v) is 20.7. The Labute approximate surface area is 404 Å². The smallest absolute Gasteiger partial charge is 0.238 e. The van der Waals surface area contributed by atoms with E-state index < -0.39 is 10.0 Å². The van der Waals surface area contributed by atoms with Gasteiger partial charge in [0.25, 0.3) is 0 Å². The summed E-state index contributed by atoms with van der Waals surface area (Å²) in [7, 11) is -2.00. The zero-order valence-corrected chi connectivity index (χ0v) is 38.5. The molecule has 0 aliphatic carbocycles. The first kappa shape index (κ1) is 40.1. The number of rotatable bonds is 8. The fourth-order valence-electron chi connectivity index (χ4n) is 10.7. The van der Waals surface area contributed by atoms with Crippen LogP contribution < -0.4 is 0 Å². The Morgan fingerprint density at radius 3 is 1.46 bits per heavy atom. The van der Waals surface area contributed by atoms with Gasteiger partial charge in [0.2, 0.25) is 5.95 Å². The molecule has 0 saturated carbocycles. The average molecular weight is 916 g/mol. The van der Waals surface area contributed by atoms with Gasteiger partial charge >= 0.3 is 0 Å². The van der Waals surface area contributed by atoms with Gasteiger partial charge in [0.1, 0.15) is 11.2 Å². The quantitative estimate of drug-likeness (QED) is 0.152. The maximum absolute atomic E-state index is 6.67. The lowest BCUT2D eigenvalue weighted by molar-refractivity contribution is 0.669. The van der Waals surface area contributed by atoms with Crippen molar-refractivity contribution in [3.05, 3.63) is 249 Å². The highest BCUT2D eigenvalue weighted by molar-refractivity contribution is 8.34. The summed E-state index contributed by atoms with van der Waals surface area (Å²) in [5, 5.41) is 6.71. The van der Waals surface area contributed by atoms with Crippen molar-refractivity contribution < 1.29 is 4.42 Å². The summed E-state index contributed by atoms with van der Waals surface area (Å²) in [5.74, 6) is 1.60. The number of hydrogen-bond acceptors (Lipinski definition) is 4. The molecule has 0 radical (unpaired) electrons. The molecule has 0 fully saturated rings. The maximum atomic E-state index is 6.67. The predicted molar refractivity (Wildman–Crippen MR) is 287 cm³/mol. The Bertz CT molecular complexity index is 4160. The molecule has 14 rings (SSSR count). The average Bonchev–Trinajstić information content (AvgIpc) is 4.10. The molecule has 0 saturated heterocycles. The highest BCUT2D eigenvalue weighted by Crippen LogP contribution is 2.73. The molecular formula is C63H41N5OS. The van der Waals surface area contributed by atoms with Crippen molar-refractivity contribution in [2.24, 2.45) is 0 Å². The van der Waals surface area contributed by atoms with Gasteiger partial charge in [0, 0.05) is 63.2 Å². The lowest BCUT2D eigenvalue weighted by Gasteiger charge is -2.42. The normalized spacial score (nSPS) is 12.2.